The molecule has 8 heteroatoms. The highest BCUT2D eigenvalue weighted by molar-refractivity contribution is 7.92. The zero-order chi connectivity index (χ0) is 26.5. The van der Waals surface area contributed by atoms with Crippen molar-refractivity contribution in [2.24, 2.45) is 0 Å². The second-order valence-electron chi connectivity index (χ2n) is 10.5. The second-order valence-corrected chi connectivity index (χ2v) is 12.1. The molecule has 0 spiro atoms. The zero-order valence-electron chi connectivity index (χ0n) is 21.0. The van der Waals surface area contributed by atoms with Crippen molar-refractivity contribution in [3.63, 3.8) is 0 Å². The van der Waals surface area contributed by atoms with E-state index in [9.17, 15) is 13.2 Å². The van der Waals surface area contributed by atoms with Crippen LogP contribution in [-0.2, 0) is 20.9 Å². The van der Waals surface area contributed by atoms with Crippen molar-refractivity contribution in [2.45, 2.75) is 56.3 Å². The molecule has 0 amide bonds. The molecule has 0 radical (unpaired) electrons. The van der Waals surface area contributed by atoms with Crippen LogP contribution in [0.4, 0.5) is 10.1 Å². The quantitative estimate of drug-likeness (QED) is 0.402. The SMILES string of the molecule is COc1cc(C(=O)O)ccc1NS(=O)(=O)c1ccc(-c2ccc3c(c2)C(C)(C)CCC3(C)C)cc1F. The lowest BCUT2D eigenvalue weighted by molar-refractivity contribution is 0.0696. The fourth-order valence-electron chi connectivity index (χ4n) is 4.77. The van der Waals surface area contributed by atoms with Gasteiger partial charge in [-0.25, -0.2) is 17.6 Å². The zero-order valence-corrected chi connectivity index (χ0v) is 21.8. The average molecular weight is 512 g/mol. The van der Waals surface area contributed by atoms with Gasteiger partial charge in [-0.05, 0) is 76.3 Å². The lowest BCUT2D eigenvalue weighted by Gasteiger charge is -2.42. The van der Waals surface area contributed by atoms with Crippen LogP contribution in [0.15, 0.2) is 59.5 Å². The Kier molecular flexibility index (Phi) is 6.37. The highest BCUT2D eigenvalue weighted by atomic mass is 32.2. The van der Waals surface area contributed by atoms with Gasteiger partial charge in [0, 0.05) is 0 Å². The summed E-state index contributed by atoms with van der Waals surface area (Å²) in [5.74, 6) is -2.06. The number of hydrogen-bond acceptors (Lipinski definition) is 4. The molecule has 0 bridgehead atoms. The molecule has 0 saturated heterocycles. The highest BCUT2D eigenvalue weighted by Crippen LogP contribution is 2.46. The Labute approximate surface area is 211 Å². The van der Waals surface area contributed by atoms with E-state index in [1.165, 1.54) is 48.6 Å². The minimum atomic E-state index is -4.31. The monoisotopic (exact) mass is 511 g/mol. The Morgan fingerprint density at radius 2 is 1.53 bits per heavy atom. The Morgan fingerprint density at radius 3 is 2.14 bits per heavy atom. The van der Waals surface area contributed by atoms with E-state index in [1.54, 1.807) is 6.07 Å². The van der Waals surface area contributed by atoms with E-state index >= 15 is 4.39 Å². The molecule has 2 N–H and O–H groups in total. The molecule has 0 atom stereocenters. The number of sulfonamides is 1. The van der Waals surface area contributed by atoms with Crippen LogP contribution < -0.4 is 9.46 Å². The molecule has 3 aromatic carbocycles. The van der Waals surface area contributed by atoms with Crippen LogP contribution in [0.25, 0.3) is 11.1 Å². The molecule has 0 unspecified atom stereocenters. The lowest BCUT2D eigenvalue weighted by Crippen LogP contribution is -2.33. The molecule has 0 fully saturated rings. The van der Waals surface area contributed by atoms with Gasteiger partial charge in [0.1, 0.15) is 16.5 Å². The van der Waals surface area contributed by atoms with Crippen LogP contribution in [0.5, 0.6) is 5.75 Å². The molecule has 0 saturated carbocycles. The van der Waals surface area contributed by atoms with Crippen molar-refractivity contribution >= 4 is 21.7 Å². The Hall–Kier alpha value is -3.39. The van der Waals surface area contributed by atoms with Crippen LogP contribution in [0.2, 0.25) is 0 Å². The number of halogens is 1. The number of methoxy groups -OCH3 is 1. The molecule has 6 nitrogen and oxygen atoms in total. The molecule has 1 aliphatic rings. The smallest absolute Gasteiger partial charge is 0.335 e. The molecule has 1 aliphatic carbocycles. The number of anilines is 1. The summed E-state index contributed by atoms with van der Waals surface area (Å²) in [5.41, 5.74) is 3.90. The van der Waals surface area contributed by atoms with Crippen LogP contribution in [0, 0.1) is 5.82 Å². The fraction of sp³-hybridized carbons (Fsp3) is 0.321. The summed E-state index contributed by atoms with van der Waals surface area (Å²) >= 11 is 0. The molecule has 3 aromatic rings. The number of carboxylic acids is 1. The maximum Gasteiger partial charge on any atom is 0.335 e. The summed E-state index contributed by atoms with van der Waals surface area (Å²) in [7, 11) is -3.02. The van der Waals surface area contributed by atoms with Crippen LogP contribution in [0.3, 0.4) is 0 Å². The van der Waals surface area contributed by atoms with E-state index in [0.717, 1.165) is 18.4 Å². The number of nitrogens with one attached hydrogen (secondary N) is 1. The van der Waals surface area contributed by atoms with E-state index in [2.05, 4.69) is 44.5 Å². The van der Waals surface area contributed by atoms with Gasteiger partial charge in [0.25, 0.3) is 10.0 Å². The summed E-state index contributed by atoms with van der Waals surface area (Å²) in [4.78, 5) is 10.7. The molecule has 36 heavy (non-hydrogen) atoms. The summed E-state index contributed by atoms with van der Waals surface area (Å²) in [6.07, 6.45) is 2.13. The van der Waals surface area contributed by atoms with Gasteiger partial charge in [-0.15, -0.1) is 0 Å². The predicted octanol–water partition coefficient (Wildman–Crippen LogP) is 6.35. The molecular formula is C28H30FNO5S. The Morgan fingerprint density at radius 1 is 0.917 bits per heavy atom. The molecule has 0 aliphatic heterocycles. The summed E-state index contributed by atoms with van der Waals surface area (Å²) < 4.78 is 48.6. The van der Waals surface area contributed by atoms with Crippen LogP contribution >= 0.6 is 0 Å². The van der Waals surface area contributed by atoms with E-state index in [0.29, 0.717) is 5.56 Å². The van der Waals surface area contributed by atoms with E-state index in [4.69, 9.17) is 9.84 Å². The van der Waals surface area contributed by atoms with Gasteiger partial charge in [0.15, 0.2) is 0 Å². The standard InChI is InChI=1S/C28H30FNO5S/c1-27(2)12-13-28(3,4)21-14-17(6-9-20(21)27)18-8-11-25(22(29)15-18)36(33,34)30-23-10-7-19(26(31)32)16-24(23)35-5/h6-11,14-16,30H,12-13H2,1-5H3,(H,31,32). The summed E-state index contributed by atoms with van der Waals surface area (Å²) in [5, 5.41) is 9.14. The first-order valence-corrected chi connectivity index (χ1v) is 13.1. The van der Waals surface area contributed by atoms with E-state index < -0.39 is 26.7 Å². The van der Waals surface area contributed by atoms with Crippen molar-refractivity contribution in [2.75, 3.05) is 11.8 Å². The van der Waals surface area contributed by atoms with Gasteiger partial charge < -0.3 is 9.84 Å². The van der Waals surface area contributed by atoms with Crippen LogP contribution in [-0.4, -0.2) is 26.6 Å². The topological polar surface area (TPSA) is 92.7 Å². The minimum Gasteiger partial charge on any atom is -0.495 e. The van der Waals surface area contributed by atoms with Crippen molar-refractivity contribution in [1.29, 1.82) is 0 Å². The first-order valence-electron chi connectivity index (χ1n) is 11.6. The van der Waals surface area contributed by atoms with Gasteiger partial charge in [0.2, 0.25) is 0 Å². The van der Waals surface area contributed by atoms with Gasteiger partial charge in [-0.3, -0.25) is 4.72 Å². The van der Waals surface area contributed by atoms with Crippen LogP contribution in [0.1, 0.15) is 62.0 Å². The number of hydrogen-bond donors (Lipinski definition) is 2. The molecule has 4 rings (SSSR count). The summed E-state index contributed by atoms with van der Waals surface area (Å²) in [6, 6.07) is 13.9. The summed E-state index contributed by atoms with van der Waals surface area (Å²) in [6.45, 7) is 8.89. The number of rotatable bonds is 6. The van der Waals surface area contributed by atoms with E-state index in [1.807, 2.05) is 6.07 Å². The van der Waals surface area contributed by atoms with Gasteiger partial charge >= 0.3 is 5.97 Å². The lowest BCUT2D eigenvalue weighted by atomic mass is 9.63. The molecular weight excluding hydrogens is 481 g/mol. The normalized spacial score (nSPS) is 16.2. The maximum absolute atomic E-state index is 15.2. The first kappa shape index (κ1) is 25.7. The number of carboxylic acid groups (broad SMARTS) is 1. The number of fused-ring (bicyclic) bond motifs is 1. The number of benzene rings is 3. The highest BCUT2D eigenvalue weighted by Gasteiger charge is 2.37. The van der Waals surface area contributed by atoms with Crippen molar-refractivity contribution in [3.05, 3.63) is 77.1 Å². The number of carbonyl (C=O) groups is 1. The van der Waals surface area contributed by atoms with Crippen molar-refractivity contribution in [3.8, 4) is 16.9 Å². The predicted molar refractivity (Wildman–Crippen MR) is 138 cm³/mol. The largest absolute Gasteiger partial charge is 0.495 e. The second kappa shape index (κ2) is 8.92. The Bertz CT molecular complexity index is 1460. The van der Waals surface area contributed by atoms with Gasteiger partial charge in [0.05, 0.1) is 18.4 Å². The minimum absolute atomic E-state index is 0.00510. The number of aromatic carboxylic acids is 1. The van der Waals surface area contributed by atoms with E-state index in [-0.39, 0.29) is 27.8 Å². The first-order chi connectivity index (χ1) is 16.7. The molecule has 190 valence electrons. The van der Waals surface area contributed by atoms with Gasteiger partial charge in [-0.1, -0.05) is 52.0 Å². The third kappa shape index (κ3) is 4.69. The third-order valence-corrected chi connectivity index (χ3v) is 8.50. The maximum atomic E-state index is 15.2. The third-order valence-electron chi connectivity index (χ3n) is 7.10. The van der Waals surface area contributed by atoms with Gasteiger partial charge in [-0.2, -0.15) is 0 Å². The molecule has 0 aromatic heterocycles. The fourth-order valence-corrected chi connectivity index (χ4v) is 5.91. The van der Waals surface area contributed by atoms with Crippen molar-refractivity contribution < 1.29 is 27.4 Å². The molecule has 0 heterocycles. The number of ether oxygens (including phenoxy) is 1. The average Bonchev–Trinajstić information content (AvgIpc) is 2.81. The van der Waals surface area contributed by atoms with Crippen molar-refractivity contribution in [1.82, 2.24) is 0 Å². The Balaban J connectivity index is 1.68.